The second kappa shape index (κ2) is 9.87. The molecule has 3 aliphatic rings. The molecule has 9 rings (SSSR count). The molecule has 0 amide bonds. The first-order valence-corrected chi connectivity index (χ1v) is 14.4. The molecule has 220 valence electrons. The number of hydrogen-bond donors (Lipinski definition) is 0. The van der Waals surface area contributed by atoms with Gasteiger partial charge in [-0.25, -0.2) is 4.98 Å². The molecule has 2 aromatic heterocycles. The number of benzene rings is 4. The Labute approximate surface area is 272 Å². The van der Waals surface area contributed by atoms with E-state index in [1.165, 1.54) is 16.9 Å². The summed E-state index contributed by atoms with van der Waals surface area (Å²) in [4.78, 5) is 8.57. The molecule has 2 atom stereocenters. The fourth-order valence-electron chi connectivity index (χ4n) is 6.80. The zero-order valence-corrected chi connectivity index (χ0v) is 27.2. The van der Waals surface area contributed by atoms with Crippen molar-refractivity contribution in [3.05, 3.63) is 127 Å². The third-order valence-corrected chi connectivity index (χ3v) is 8.82. The van der Waals surface area contributed by atoms with Gasteiger partial charge in [-0.2, -0.15) is 6.07 Å². The monoisotopic (exact) mass is 755 g/mol. The smallest absolute Gasteiger partial charge is 0.179 e. The first-order chi connectivity index (χ1) is 20.7. The molecule has 1 saturated heterocycles. The first-order valence-electron chi connectivity index (χ1n) is 14.4. The van der Waals surface area contributed by atoms with E-state index in [-0.39, 0.29) is 26.5 Å². The maximum atomic E-state index is 7.82. The zero-order valence-electron chi connectivity index (χ0n) is 24.9. The van der Waals surface area contributed by atoms with Gasteiger partial charge in [0, 0.05) is 62.1 Å². The summed E-state index contributed by atoms with van der Waals surface area (Å²) in [6.45, 7) is 17.6. The molecule has 2 bridgehead atoms. The molecule has 3 aliphatic heterocycles. The predicted octanol–water partition coefficient (Wildman–Crippen LogP) is 9.10. The molecule has 0 unspecified atom stereocenters. The van der Waals surface area contributed by atoms with Gasteiger partial charge >= 0.3 is 0 Å². The largest absolute Gasteiger partial charge is 0.510 e. The number of aromatic nitrogens is 2. The van der Waals surface area contributed by atoms with Crippen LogP contribution in [0.1, 0.15) is 26.3 Å². The van der Waals surface area contributed by atoms with Crippen LogP contribution in [0.3, 0.4) is 0 Å². The third kappa shape index (κ3) is 4.15. The minimum Gasteiger partial charge on any atom is -0.510 e. The fourth-order valence-corrected chi connectivity index (χ4v) is 6.80. The van der Waals surface area contributed by atoms with Crippen LogP contribution in [0.15, 0.2) is 91.1 Å². The van der Waals surface area contributed by atoms with Gasteiger partial charge < -0.3 is 18.3 Å². The molecule has 44 heavy (non-hydrogen) atoms. The number of pyridine rings is 1. The average molecular weight is 756 g/mol. The van der Waals surface area contributed by atoms with Crippen LogP contribution >= 0.6 is 0 Å². The van der Waals surface area contributed by atoms with Crippen molar-refractivity contribution in [2.45, 2.75) is 26.2 Å². The molecule has 5 heterocycles. The summed E-state index contributed by atoms with van der Waals surface area (Å²) in [5.74, 6) is 1.90. The quantitative estimate of drug-likeness (QED) is 0.133. The topological polar surface area (TPSA) is 31.4 Å². The van der Waals surface area contributed by atoms with Crippen molar-refractivity contribution in [1.29, 1.82) is 0 Å². The van der Waals surface area contributed by atoms with Crippen molar-refractivity contribution < 1.29 is 25.8 Å². The number of hydrogen-bond acceptors (Lipinski definition) is 2. The van der Waals surface area contributed by atoms with Gasteiger partial charge in [-0.15, -0.1) is 29.7 Å². The maximum absolute atomic E-state index is 7.82. The van der Waals surface area contributed by atoms with E-state index in [2.05, 4.69) is 123 Å². The number of fused-ring (bicyclic) bond motifs is 3. The van der Waals surface area contributed by atoms with Crippen LogP contribution in [0.25, 0.3) is 32.5 Å². The number of para-hydroxylation sites is 3. The summed E-state index contributed by atoms with van der Waals surface area (Å²) in [7, 11) is 2.22. The standard InChI is InChI=1S/C37H30N5O.Pt/c1-37(2,3)25-16-17-39-36(18-25)40-32-11-7-6-10-30(32)31-15-14-28(22-33(31)40)43-29-20-26(38-4)19-27(21-29)42-23-41(5,24-42)34-12-8-9-13-35(34)42;/h6-20,23H,24H2,1-3,5H3;/q-1;/t41-,42+;/m0./s1. The van der Waals surface area contributed by atoms with Crippen LogP contribution in [0.2, 0.25) is 0 Å². The molecule has 4 aromatic carbocycles. The van der Waals surface area contributed by atoms with Crippen molar-refractivity contribution in [2.24, 2.45) is 0 Å². The minimum atomic E-state index is -0.0120. The second-order valence-electron chi connectivity index (χ2n) is 12.8. The average Bonchev–Trinajstić information content (AvgIpc) is 3.56. The van der Waals surface area contributed by atoms with Crippen LogP contribution in [0.5, 0.6) is 11.5 Å². The van der Waals surface area contributed by atoms with Gasteiger partial charge in [0.25, 0.3) is 0 Å². The normalized spacial score (nSPS) is 20.1. The molecule has 6 aromatic rings. The first kappa shape index (κ1) is 28.5. The Morgan fingerprint density at radius 2 is 1.66 bits per heavy atom. The van der Waals surface area contributed by atoms with Gasteiger partial charge in [-0.3, -0.25) is 4.85 Å². The molecular formula is C37H30N5OPt-. The summed E-state index contributed by atoms with van der Waals surface area (Å²) in [5, 5.41) is 2.20. The number of quaternary nitrogens is 2. The van der Waals surface area contributed by atoms with Gasteiger partial charge in [0.1, 0.15) is 5.82 Å². The van der Waals surface area contributed by atoms with E-state index in [9.17, 15) is 0 Å². The van der Waals surface area contributed by atoms with Crippen molar-refractivity contribution >= 4 is 44.6 Å². The molecule has 7 heteroatoms. The van der Waals surface area contributed by atoms with E-state index in [0.717, 1.165) is 44.5 Å². The fraction of sp³-hybridized carbons (Fsp3) is 0.162. The number of nitrogens with zero attached hydrogens (tertiary/aromatic N) is 5. The molecule has 0 aliphatic carbocycles. The number of rotatable bonds is 4. The Morgan fingerprint density at radius 1 is 0.909 bits per heavy atom. The minimum absolute atomic E-state index is 0. The van der Waals surface area contributed by atoms with E-state index >= 15 is 0 Å². The van der Waals surface area contributed by atoms with E-state index in [4.69, 9.17) is 16.3 Å². The molecule has 1 fully saturated rings. The van der Waals surface area contributed by atoms with E-state index in [1.54, 1.807) is 6.07 Å². The van der Waals surface area contributed by atoms with Gasteiger partial charge in [-0.1, -0.05) is 62.7 Å². The maximum Gasteiger partial charge on any atom is 0.179 e. The van der Waals surface area contributed by atoms with E-state index < -0.39 is 0 Å². The van der Waals surface area contributed by atoms with Crippen LogP contribution in [-0.2, 0) is 26.5 Å². The Morgan fingerprint density at radius 3 is 2.43 bits per heavy atom. The van der Waals surface area contributed by atoms with Gasteiger partial charge in [0.05, 0.1) is 26.0 Å². The molecule has 0 saturated carbocycles. The van der Waals surface area contributed by atoms with Crippen molar-refractivity contribution in [2.75, 3.05) is 13.7 Å². The summed E-state index contributed by atoms with van der Waals surface area (Å²) in [6.07, 6.45) is 1.88. The van der Waals surface area contributed by atoms with Crippen molar-refractivity contribution in [1.82, 2.24) is 18.5 Å². The van der Waals surface area contributed by atoms with Crippen LogP contribution in [0, 0.1) is 25.4 Å². The third-order valence-electron chi connectivity index (χ3n) is 8.82. The van der Waals surface area contributed by atoms with Gasteiger partial charge in [0.2, 0.25) is 0 Å². The van der Waals surface area contributed by atoms with Gasteiger partial charge in [0.15, 0.2) is 18.0 Å². The molecular weight excluding hydrogens is 726 g/mol. The van der Waals surface area contributed by atoms with Crippen LogP contribution in [-0.4, -0.2) is 23.3 Å². The van der Waals surface area contributed by atoms with E-state index in [0.29, 0.717) is 21.7 Å². The SMILES string of the molecule is [C-]#[N+]c1cc(Oc2[c-]c3c(cc2)c2ccccc2n3-c2cc(C(C)(C)C)ccn2)[c-]c([N@@+]23[CH-][N@@+](C)(C2)c2ccccc23)c1.[Pt]. The Balaban J connectivity index is 0.00000312. The Bertz CT molecular complexity index is 2150. The molecule has 6 nitrogen and oxygen atoms in total. The van der Waals surface area contributed by atoms with Crippen LogP contribution in [0.4, 0.5) is 22.7 Å². The zero-order chi connectivity index (χ0) is 29.6. The second-order valence-corrected chi connectivity index (χ2v) is 12.8. The molecule has 0 radical (unpaired) electrons. The van der Waals surface area contributed by atoms with Crippen LogP contribution < -0.4 is 13.7 Å². The van der Waals surface area contributed by atoms with Crippen molar-refractivity contribution in [3.63, 3.8) is 0 Å². The summed E-state index contributed by atoms with van der Waals surface area (Å²) < 4.78 is 9.93. The van der Waals surface area contributed by atoms with Gasteiger partial charge in [-0.05, 0) is 34.6 Å². The Kier molecular flexibility index (Phi) is 6.39. The summed E-state index contributed by atoms with van der Waals surface area (Å²) in [6, 6.07) is 35.9. The van der Waals surface area contributed by atoms with Crippen molar-refractivity contribution in [3.8, 4) is 17.3 Å². The Hall–Kier alpha value is -4.27. The summed E-state index contributed by atoms with van der Waals surface area (Å²) in [5.41, 5.74) is 7.07. The molecule has 0 spiro atoms. The number of ether oxygens (including phenoxy) is 1. The summed E-state index contributed by atoms with van der Waals surface area (Å²) >= 11 is 0. The predicted molar refractivity (Wildman–Crippen MR) is 173 cm³/mol. The molecule has 0 N–H and O–H groups in total. The van der Waals surface area contributed by atoms with E-state index in [1.807, 2.05) is 18.3 Å².